The number of rotatable bonds is 4. The molecule has 9 heteroatoms. The number of aromatic nitrogens is 2. The van der Waals surface area contributed by atoms with Crippen LogP contribution in [-0.4, -0.2) is 20.8 Å². The smallest absolute Gasteiger partial charge is 0.275 e. The molecule has 0 aliphatic heterocycles. The fourth-order valence-electron chi connectivity index (χ4n) is 1.69. The number of carbonyl (C=O) groups is 1. The molecule has 1 heterocycles. The maximum atomic E-state index is 12.1. The molecule has 0 saturated heterocycles. The first-order valence-electron chi connectivity index (χ1n) is 5.87. The summed E-state index contributed by atoms with van der Waals surface area (Å²) in [6.07, 6.45) is 2.62. The quantitative estimate of drug-likeness (QED) is 0.437. The number of nitrogens with zero attached hydrogens (tertiary/aromatic N) is 3. The lowest BCUT2D eigenvalue weighted by Gasteiger charge is -2.08. The van der Waals surface area contributed by atoms with Crippen LogP contribution in [0.15, 0.2) is 30.6 Å². The van der Waals surface area contributed by atoms with Crippen molar-refractivity contribution in [3.63, 3.8) is 0 Å². The molecule has 0 aliphatic rings. The van der Waals surface area contributed by atoms with Crippen LogP contribution in [0.2, 0.25) is 0 Å². The number of benzene rings is 1. The van der Waals surface area contributed by atoms with Crippen molar-refractivity contribution in [2.75, 3.05) is 10.7 Å². The van der Waals surface area contributed by atoms with E-state index in [9.17, 15) is 14.9 Å². The molecule has 0 spiro atoms. The summed E-state index contributed by atoms with van der Waals surface area (Å²) >= 11 is 0. The zero-order chi connectivity index (χ0) is 15.4. The minimum atomic E-state index is -0.539. The van der Waals surface area contributed by atoms with E-state index in [0.29, 0.717) is 11.3 Å². The zero-order valence-electron chi connectivity index (χ0n) is 11.0. The molecular weight excluding hydrogens is 276 g/mol. The summed E-state index contributed by atoms with van der Waals surface area (Å²) < 4.78 is 0. The van der Waals surface area contributed by atoms with Crippen LogP contribution in [0.5, 0.6) is 0 Å². The van der Waals surface area contributed by atoms with Gasteiger partial charge in [0.25, 0.3) is 11.6 Å². The van der Waals surface area contributed by atoms with Gasteiger partial charge in [-0.2, -0.15) is 0 Å². The van der Waals surface area contributed by atoms with Gasteiger partial charge in [0, 0.05) is 6.07 Å². The topological polar surface area (TPSA) is 136 Å². The zero-order valence-corrected chi connectivity index (χ0v) is 11.0. The summed E-state index contributed by atoms with van der Waals surface area (Å²) in [4.78, 5) is 30.2. The fraction of sp³-hybridized carbons (Fsp3) is 0.0833. The number of nitrogens with two attached hydrogens (primary N) is 1. The van der Waals surface area contributed by atoms with Crippen molar-refractivity contribution < 1.29 is 9.72 Å². The second-order valence-corrected chi connectivity index (χ2v) is 4.09. The highest BCUT2D eigenvalue weighted by Gasteiger charge is 2.16. The average Bonchev–Trinajstić information content (AvgIpc) is 2.49. The molecule has 2 rings (SSSR count). The maximum Gasteiger partial charge on any atom is 0.275 e. The van der Waals surface area contributed by atoms with Crippen molar-refractivity contribution in [2.24, 2.45) is 5.84 Å². The molecule has 0 saturated carbocycles. The number of amides is 1. The highest BCUT2D eigenvalue weighted by atomic mass is 16.6. The summed E-state index contributed by atoms with van der Waals surface area (Å²) in [6, 6.07) is 4.42. The minimum Gasteiger partial charge on any atom is -0.320 e. The van der Waals surface area contributed by atoms with Gasteiger partial charge in [-0.1, -0.05) is 6.07 Å². The second-order valence-electron chi connectivity index (χ2n) is 4.09. The summed E-state index contributed by atoms with van der Waals surface area (Å²) in [6.45, 7) is 1.55. The van der Waals surface area contributed by atoms with E-state index in [4.69, 9.17) is 5.84 Å². The molecule has 0 bridgehead atoms. The van der Waals surface area contributed by atoms with E-state index < -0.39 is 10.8 Å². The Bertz CT molecular complexity index is 703. The number of nitro groups is 1. The van der Waals surface area contributed by atoms with Crippen LogP contribution in [0, 0.1) is 17.0 Å². The largest absolute Gasteiger partial charge is 0.320 e. The fourth-order valence-corrected chi connectivity index (χ4v) is 1.69. The van der Waals surface area contributed by atoms with Crippen molar-refractivity contribution in [1.82, 2.24) is 9.97 Å². The van der Waals surface area contributed by atoms with Gasteiger partial charge in [0.2, 0.25) is 0 Å². The molecule has 0 radical (unpaired) electrons. The molecule has 108 valence electrons. The lowest BCUT2D eigenvalue weighted by Crippen LogP contribution is -2.17. The van der Waals surface area contributed by atoms with Gasteiger partial charge in [-0.25, -0.2) is 10.8 Å². The number of hydrogen-bond donors (Lipinski definition) is 3. The molecule has 0 atom stereocenters. The lowest BCUT2D eigenvalue weighted by atomic mass is 10.1. The second kappa shape index (κ2) is 5.92. The molecule has 0 fully saturated rings. The highest BCUT2D eigenvalue weighted by molar-refractivity contribution is 6.03. The first-order valence-corrected chi connectivity index (χ1v) is 5.87. The maximum absolute atomic E-state index is 12.1. The summed E-state index contributed by atoms with van der Waals surface area (Å²) in [5.74, 6) is 4.89. The Morgan fingerprint density at radius 1 is 1.38 bits per heavy atom. The van der Waals surface area contributed by atoms with Crippen molar-refractivity contribution >= 4 is 23.1 Å². The molecule has 0 unspecified atom stereocenters. The summed E-state index contributed by atoms with van der Waals surface area (Å²) in [5, 5.41) is 13.4. The van der Waals surface area contributed by atoms with Gasteiger partial charge in [0.1, 0.15) is 5.69 Å². The van der Waals surface area contributed by atoms with Gasteiger partial charge in [-0.15, -0.1) is 0 Å². The Kier molecular flexibility index (Phi) is 4.05. The number of nitrogen functional groups attached to an aromatic ring is 1. The van der Waals surface area contributed by atoms with Crippen LogP contribution >= 0.6 is 0 Å². The van der Waals surface area contributed by atoms with E-state index in [-0.39, 0.29) is 17.2 Å². The van der Waals surface area contributed by atoms with Crippen LogP contribution in [0.4, 0.5) is 17.2 Å². The molecule has 0 aliphatic carbocycles. The van der Waals surface area contributed by atoms with E-state index in [1.54, 1.807) is 13.0 Å². The van der Waals surface area contributed by atoms with E-state index in [0.717, 1.165) is 0 Å². The van der Waals surface area contributed by atoms with Gasteiger partial charge in [-0.3, -0.25) is 19.9 Å². The molecule has 1 aromatic heterocycles. The molecule has 1 aromatic carbocycles. The number of anilines is 2. The number of hydrogen-bond acceptors (Lipinski definition) is 7. The SMILES string of the molecule is Cc1c(NC(=O)c2cncc(NN)n2)cccc1[N+](=O)[O-]. The first-order chi connectivity index (χ1) is 10.0. The molecule has 21 heavy (non-hydrogen) atoms. The summed E-state index contributed by atoms with van der Waals surface area (Å²) in [7, 11) is 0. The van der Waals surface area contributed by atoms with Gasteiger partial charge >= 0.3 is 0 Å². The molecular formula is C12H12N6O3. The predicted molar refractivity (Wildman–Crippen MR) is 75.6 cm³/mol. The van der Waals surface area contributed by atoms with Crippen molar-refractivity contribution in [2.45, 2.75) is 6.92 Å². The molecule has 9 nitrogen and oxygen atoms in total. The van der Waals surface area contributed by atoms with E-state index >= 15 is 0 Å². The lowest BCUT2D eigenvalue weighted by molar-refractivity contribution is -0.385. The van der Waals surface area contributed by atoms with Gasteiger partial charge in [-0.05, 0) is 13.0 Å². The van der Waals surface area contributed by atoms with Gasteiger partial charge < -0.3 is 10.7 Å². The Morgan fingerprint density at radius 2 is 2.14 bits per heavy atom. The van der Waals surface area contributed by atoms with Crippen LogP contribution in [0.25, 0.3) is 0 Å². The average molecular weight is 288 g/mol. The van der Waals surface area contributed by atoms with Crippen molar-refractivity contribution in [1.29, 1.82) is 0 Å². The molecule has 1 amide bonds. The van der Waals surface area contributed by atoms with Crippen LogP contribution in [0.1, 0.15) is 16.1 Å². The van der Waals surface area contributed by atoms with Gasteiger partial charge in [0.15, 0.2) is 5.82 Å². The number of hydrazine groups is 1. The Hall–Kier alpha value is -3.07. The predicted octanol–water partition coefficient (Wildman–Crippen LogP) is 1.23. The van der Waals surface area contributed by atoms with Crippen LogP contribution in [0.3, 0.4) is 0 Å². The van der Waals surface area contributed by atoms with Crippen LogP contribution in [-0.2, 0) is 0 Å². The van der Waals surface area contributed by atoms with Crippen molar-refractivity contribution in [3.8, 4) is 0 Å². The third-order valence-corrected chi connectivity index (χ3v) is 2.77. The van der Waals surface area contributed by atoms with E-state index in [1.165, 1.54) is 24.5 Å². The number of carbonyl (C=O) groups excluding carboxylic acids is 1. The third kappa shape index (κ3) is 3.09. The van der Waals surface area contributed by atoms with E-state index in [1.807, 2.05) is 0 Å². The normalized spacial score (nSPS) is 10.0. The van der Waals surface area contributed by atoms with Crippen molar-refractivity contribution in [3.05, 3.63) is 52.0 Å². The Morgan fingerprint density at radius 3 is 2.81 bits per heavy atom. The number of nitrogens with one attached hydrogen (secondary N) is 2. The van der Waals surface area contributed by atoms with Crippen LogP contribution < -0.4 is 16.6 Å². The highest BCUT2D eigenvalue weighted by Crippen LogP contribution is 2.25. The monoisotopic (exact) mass is 288 g/mol. The number of nitro benzene ring substituents is 1. The van der Waals surface area contributed by atoms with Gasteiger partial charge in [0.05, 0.1) is 28.6 Å². The first kappa shape index (κ1) is 14.3. The minimum absolute atomic E-state index is 0.0383. The molecule has 4 N–H and O–H groups in total. The third-order valence-electron chi connectivity index (χ3n) is 2.77. The standard InChI is InChI=1S/C12H12N6O3/c1-7-8(3-2-4-10(7)18(20)21)16-12(19)9-5-14-6-11(15-9)17-13/h2-6H,13H2,1H3,(H,15,17)(H,16,19). The van der Waals surface area contributed by atoms with E-state index in [2.05, 4.69) is 20.7 Å². The summed E-state index contributed by atoms with van der Waals surface area (Å²) in [5.41, 5.74) is 2.94. The Labute approximate surface area is 119 Å². The Balaban J connectivity index is 2.27. The molecule has 2 aromatic rings.